The van der Waals surface area contributed by atoms with Gasteiger partial charge in [0.15, 0.2) is 0 Å². The van der Waals surface area contributed by atoms with Crippen LogP contribution in [0.15, 0.2) is 60.7 Å². The maximum atomic E-state index is 13.1. The molecule has 0 saturated carbocycles. The summed E-state index contributed by atoms with van der Waals surface area (Å²) < 4.78 is 29.3. The van der Waals surface area contributed by atoms with Gasteiger partial charge in [-0.15, -0.1) is 0 Å². The summed E-state index contributed by atoms with van der Waals surface area (Å²) >= 11 is 0.579. The second-order valence-electron chi connectivity index (χ2n) is 9.56. The van der Waals surface area contributed by atoms with Crippen molar-refractivity contribution in [3.63, 3.8) is 0 Å². The van der Waals surface area contributed by atoms with Crippen molar-refractivity contribution in [3.8, 4) is 0 Å². The number of rotatable bonds is 13. The number of thioether (sulfide) groups is 1. The second-order valence-corrected chi connectivity index (χ2v) is 11.2. The summed E-state index contributed by atoms with van der Waals surface area (Å²) in [7, 11) is 0. The largest absolute Gasteiger partial charge is 0.463 e. The van der Waals surface area contributed by atoms with Gasteiger partial charge >= 0.3 is 29.3 Å². The summed E-state index contributed by atoms with van der Waals surface area (Å²) in [4.78, 5) is 64.5. The van der Waals surface area contributed by atoms with E-state index >= 15 is 0 Å². The third kappa shape index (κ3) is 11.6. The lowest BCUT2D eigenvalue weighted by molar-refractivity contribution is -0.147. The normalized spacial score (nSPS) is 14.1. The molecule has 232 valence electrons. The molecular formula is C29H34N2O11S. The predicted molar refractivity (Wildman–Crippen MR) is 153 cm³/mol. The summed E-state index contributed by atoms with van der Waals surface area (Å²) in [5.74, 6) is -2.22. The molecule has 1 atom stereocenters. The molecule has 1 saturated heterocycles. The van der Waals surface area contributed by atoms with Crippen molar-refractivity contribution >= 4 is 41.1 Å². The molecule has 43 heavy (non-hydrogen) atoms. The van der Waals surface area contributed by atoms with Gasteiger partial charge in [-0.1, -0.05) is 36.4 Å². The van der Waals surface area contributed by atoms with Crippen molar-refractivity contribution in [1.29, 1.82) is 0 Å². The number of carbonyl (C=O) groups is 5. The minimum absolute atomic E-state index is 0.0291. The number of esters is 3. The molecule has 1 aliphatic heterocycles. The second kappa shape index (κ2) is 17.1. The molecule has 1 fully saturated rings. The number of ether oxygens (including phenoxy) is 6. The molecule has 0 spiro atoms. The summed E-state index contributed by atoms with van der Waals surface area (Å²) in [6.07, 6.45) is -1.09. The zero-order valence-corrected chi connectivity index (χ0v) is 24.7. The van der Waals surface area contributed by atoms with E-state index in [0.717, 1.165) is 0 Å². The summed E-state index contributed by atoms with van der Waals surface area (Å²) in [5, 5.41) is 1.51. The number of carbonyl (C=O) groups excluding carboxylic acids is 5. The van der Waals surface area contributed by atoms with Crippen molar-refractivity contribution < 1.29 is 52.4 Å². The Morgan fingerprint density at radius 3 is 1.91 bits per heavy atom. The SMILES string of the molecule is CC(C)(SC(=O)OCOC(=O)c1ccccc1)[C@@H](NC(=O)OCOC(=O)c1ccccc1)C(=O)OCCN1CCOCC1. The van der Waals surface area contributed by atoms with E-state index in [2.05, 4.69) is 10.2 Å². The van der Waals surface area contributed by atoms with E-state index < -0.39 is 53.7 Å². The summed E-state index contributed by atoms with van der Waals surface area (Å²) in [6.45, 7) is 4.65. The van der Waals surface area contributed by atoms with Crippen LogP contribution in [0.25, 0.3) is 0 Å². The highest BCUT2D eigenvalue weighted by Crippen LogP contribution is 2.31. The quantitative estimate of drug-likeness (QED) is 0.198. The van der Waals surface area contributed by atoms with Crippen LogP contribution in [0.3, 0.4) is 0 Å². The van der Waals surface area contributed by atoms with Gasteiger partial charge in [-0.2, -0.15) is 0 Å². The maximum absolute atomic E-state index is 13.1. The Hall–Kier alpha value is -4.14. The molecule has 1 amide bonds. The lowest BCUT2D eigenvalue weighted by atomic mass is 10.0. The van der Waals surface area contributed by atoms with Crippen LogP contribution in [-0.2, 0) is 33.2 Å². The molecular weight excluding hydrogens is 584 g/mol. The van der Waals surface area contributed by atoms with Gasteiger partial charge in [0.2, 0.25) is 13.6 Å². The zero-order valence-electron chi connectivity index (χ0n) is 23.9. The highest BCUT2D eigenvalue weighted by atomic mass is 32.2. The van der Waals surface area contributed by atoms with Crippen LogP contribution in [0, 0.1) is 0 Å². The molecule has 0 aliphatic carbocycles. The molecule has 1 N–H and O–H groups in total. The number of amides is 1. The molecule has 2 aromatic rings. The lowest BCUT2D eigenvalue weighted by Gasteiger charge is -2.31. The van der Waals surface area contributed by atoms with Crippen LogP contribution < -0.4 is 5.32 Å². The Bertz CT molecular complexity index is 1220. The van der Waals surface area contributed by atoms with Gasteiger partial charge in [-0.3, -0.25) is 4.90 Å². The number of nitrogens with one attached hydrogen (secondary N) is 1. The number of nitrogens with zero attached hydrogens (tertiary/aromatic N) is 1. The van der Waals surface area contributed by atoms with E-state index in [1.165, 1.54) is 26.0 Å². The van der Waals surface area contributed by atoms with Gasteiger partial charge in [0.1, 0.15) is 12.6 Å². The van der Waals surface area contributed by atoms with E-state index in [4.69, 9.17) is 28.4 Å². The van der Waals surface area contributed by atoms with E-state index in [-0.39, 0.29) is 17.7 Å². The monoisotopic (exact) mass is 618 g/mol. The Balaban J connectivity index is 1.55. The first-order valence-corrected chi connectivity index (χ1v) is 14.2. The van der Waals surface area contributed by atoms with Crippen LogP contribution in [-0.4, -0.2) is 98.0 Å². The zero-order chi connectivity index (χ0) is 31.1. The van der Waals surface area contributed by atoms with E-state index in [1.807, 2.05) is 0 Å². The molecule has 0 unspecified atom stereocenters. The number of hydrogen-bond donors (Lipinski definition) is 1. The van der Waals surface area contributed by atoms with Crippen molar-refractivity contribution in [2.45, 2.75) is 24.6 Å². The lowest BCUT2D eigenvalue weighted by Crippen LogP contribution is -2.54. The minimum atomic E-state index is -1.39. The fourth-order valence-corrected chi connectivity index (χ4v) is 4.55. The molecule has 0 radical (unpaired) electrons. The Morgan fingerprint density at radius 1 is 0.814 bits per heavy atom. The van der Waals surface area contributed by atoms with Gasteiger partial charge in [-0.25, -0.2) is 24.0 Å². The molecule has 14 heteroatoms. The van der Waals surface area contributed by atoms with Crippen LogP contribution >= 0.6 is 11.8 Å². The predicted octanol–water partition coefficient (Wildman–Crippen LogP) is 3.23. The molecule has 3 rings (SSSR count). The number of benzene rings is 2. The Labute approximate surface area is 253 Å². The van der Waals surface area contributed by atoms with Crippen molar-refractivity contribution in [2.24, 2.45) is 0 Å². The third-order valence-corrected chi connectivity index (χ3v) is 7.11. The number of hydrogen-bond acceptors (Lipinski definition) is 13. The minimum Gasteiger partial charge on any atom is -0.463 e. The van der Waals surface area contributed by atoms with Crippen LogP contribution in [0.4, 0.5) is 9.59 Å². The molecule has 1 heterocycles. The number of morpholine rings is 1. The fraction of sp³-hybridized carbons (Fsp3) is 0.414. The van der Waals surface area contributed by atoms with Crippen molar-refractivity contribution in [2.75, 3.05) is 53.0 Å². The first kappa shape index (κ1) is 33.4. The highest BCUT2D eigenvalue weighted by molar-refractivity contribution is 8.14. The fourth-order valence-electron chi connectivity index (χ4n) is 3.75. The summed E-state index contributed by atoms with van der Waals surface area (Å²) in [5.41, 5.74) is 0.544. The Morgan fingerprint density at radius 2 is 1.35 bits per heavy atom. The van der Waals surface area contributed by atoms with Gasteiger partial charge in [0.25, 0.3) is 0 Å². The molecule has 13 nitrogen and oxygen atoms in total. The highest BCUT2D eigenvalue weighted by Gasteiger charge is 2.41. The standard InChI is InChI=1S/C29H34N2O11S/c1-29(2,43-28(36)42-20-40-25(33)22-11-7-4-8-12-22)23(26(34)38-18-15-31-13-16-37-17-14-31)30-27(35)41-19-39-24(32)21-9-5-3-6-10-21/h3-12,23H,13-20H2,1-2H3,(H,30,35)/t23-/m0/s1. The van der Waals surface area contributed by atoms with Crippen LogP contribution in [0.5, 0.6) is 0 Å². The first-order valence-electron chi connectivity index (χ1n) is 13.4. The maximum Gasteiger partial charge on any atom is 0.410 e. The average Bonchev–Trinajstić information content (AvgIpc) is 3.00. The van der Waals surface area contributed by atoms with E-state index in [0.29, 0.717) is 44.6 Å². The summed E-state index contributed by atoms with van der Waals surface area (Å²) in [6, 6.07) is 14.9. The molecule has 0 aromatic heterocycles. The Kier molecular flexibility index (Phi) is 13.3. The topological polar surface area (TPSA) is 156 Å². The average molecular weight is 619 g/mol. The van der Waals surface area contributed by atoms with Crippen molar-refractivity contribution in [3.05, 3.63) is 71.8 Å². The number of alkyl carbamates (subject to hydrolysis) is 1. The van der Waals surface area contributed by atoms with Gasteiger partial charge < -0.3 is 33.7 Å². The molecule has 1 aliphatic rings. The van der Waals surface area contributed by atoms with Crippen molar-refractivity contribution in [1.82, 2.24) is 10.2 Å². The van der Waals surface area contributed by atoms with Gasteiger partial charge in [0.05, 0.1) is 29.1 Å². The van der Waals surface area contributed by atoms with Crippen LogP contribution in [0.1, 0.15) is 34.6 Å². The van der Waals surface area contributed by atoms with Gasteiger partial charge in [0, 0.05) is 19.6 Å². The molecule has 2 aromatic carbocycles. The van der Waals surface area contributed by atoms with E-state index in [1.54, 1.807) is 48.5 Å². The first-order chi connectivity index (χ1) is 20.7. The smallest absolute Gasteiger partial charge is 0.410 e. The van der Waals surface area contributed by atoms with E-state index in [9.17, 15) is 24.0 Å². The van der Waals surface area contributed by atoms with Gasteiger partial charge in [-0.05, 0) is 49.9 Å². The third-order valence-electron chi connectivity index (χ3n) is 6.06. The molecule has 0 bridgehead atoms. The van der Waals surface area contributed by atoms with Crippen LogP contribution in [0.2, 0.25) is 0 Å².